The maximum Gasteiger partial charge on any atom is 0.258 e. The van der Waals surface area contributed by atoms with Crippen LogP contribution in [0.1, 0.15) is 23.7 Å². The van der Waals surface area contributed by atoms with Crippen LogP contribution < -0.4 is 14.5 Å². The number of benzene rings is 2. The smallest absolute Gasteiger partial charge is 0.258 e. The summed E-state index contributed by atoms with van der Waals surface area (Å²) in [4.78, 5) is 17.1. The number of carbonyl (C=O) groups excluding carboxylic acids is 1. The summed E-state index contributed by atoms with van der Waals surface area (Å²) < 4.78 is 5.44. The molecule has 1 aliphatic rings. The maximum atomic E-state index is 13.0. The molecule has 1 heterocycles. The fraction of sp³-hybridized carbons (Fsp3) is 0.316. The minimum Gasteiger partial charge on any atom is -0.494 e. The predicted molar refractivity (Wildman–Crippen MR) is 93.6 cm³/mol. The largest absolute Gasteiger partial charge is 0.494 e. The molecule has 0 atom stereocenters. The number of fused-ring (bicyclic) bond motifs is 1. The van der Waals surface area contributed by atoms with Crippen molar-refractivity contribution in [1.29, 1.82) is 0 Å². The molecule has 0 radical (unpaired) electrons. The molecular weight excluding hydrogens is 288 g/mol. The van der Waals surface area contributed by atoms with Crippen LogP contribution in [0.5, 0.6) is 5.75 Å². The van der Waals surface area contributed by atoms with Gasteiger partial charge in [0.25, 0.3) is 5.91 Å². The second kappa shape index (κ2) is 6.73. The molecule has 0 bridgehead atoms. The molecule has 2 aromatic carbocycles. The van der Waals surface area contributed by atoms with Gasteiger partial charge in [0.2, 0.25) is 0 Å². The average molecular weight is 310 g/mol. The molecular formula is C19H22N2O2. The molecule has 0 saturated heterocycles. The van der Waals surface area contributed by atoms with Crippen molar-refractivity contribution in [3.8, 4) is 5.75 Å². The highest BCUT2D eigenvalue weighted by Crippen LogP contribution is 2.32. The normalized spacial score (nSPS) is 14.2. The number of hydrogen-bond donors (Lipinski definition) is 0. The maximum absolute atomic E-state index is 13.0. The Labute approximate surface area is 137 Å². The first-order valence-electron chi connectivity index (χ1n) is 8.05. The minimum absolute atomic E-state index is 0.0378. The quantitative estimate of drug-likeness (QED) is 0.869. The number of anilines is 2. The van der Waals surface area contributed by atoms with Crippen LogP contribution in [0.25, 0.3) is 0 Å². The Bertz CT molecular complexity index is 682. The van der Waals surface area contributed by atoms with Gasteiger partial charge in [-0.25, -0.2) is 0 Å². The zero-order valence-corrected chi connectivity index (χ0v) is 13.7. The summed E-state index contributed by atoms with van der Waals surface area (Å²) in [5.74, 6) is 0.829. The Balaban J connectivity index is 1.90. The Kier molecular flexibility index (Phi) is 4.51. The van der Waals surface area contributed by atoms with E-state index in [1.54, 1.807) is 0 Å². The lowest BCUT2D eigenvalue weighted by Gasteiger charge is -2.24. The van der Waals surface area contributed by atoms with E-state index in [4.69, 9.17) is 4.74 Å². The minimum atomic E-state index is 0.0378. The van der Waals surface area contributed by atoms with Gasteiger partial charge < -0.3 is 14.5 Å². The highest BCUT2D eigenvalue weighted by atomic mass is 16.5. The molecule has 4 heteroatoms. The van der Waals surface area contributed by atoms with E-state index in [0.717, 1.165) is 36.6 Å². The lowest BCUT2D eigenvalue weighted by Crippen LogP contribution is -2.31. The van der Waals surface area contributed by atoms with Crippen LogP contribution in [-0.4, -0.2) is 32.7 Å². The van der Waals surface area contributed by atoms with Gasteiger partial charge in [-0.05, 0) is 49.7 Å². The molecule has 120 valence electrons. The number of ether oxygens (including phenoxy) is 1. The van der Waals surface area contributed by atoms with Crippen LogP contribution >= 0.6 is 0 Å². The summed E-state index contributed by atoms with van der Waals surface area (Å²) in [5, 5.41) is 0. The van der Waals surface area contributed by atoms with Crippen molar-refractivity contribution in [2.75, 3.05) is 36.5 Å². The van der Waals surface area contributed by atoms with E-state index >= 15 is 0 Å². The van der Waals surface area contributed by atoms with E-state index in [1.165, 1.54) is 0 Å². The number of amides is 1. The summed E-state index contributed by atoms with van der Waals surface area (Å²) in [5.41, 5.74) is 2.77. The molecule has 4 nitrogen and oxygen atoms in total. The molecule has 0 saturated carbocycles. The van der Waals surface area contributed by atoms with Crippen molar-refractivity contribution in [3.63, 3.8) is 0 Å². The van der Waals surface area contributed by atoms with E-state index in [9.17, 15) is 4.79 Å². The number of para-hydroxylation sites is 2. The highest BCUT2D eigenvalue weighted by Gasteiger charge is 2.23. The number of rotatable bonds is 3. The first-order chi connectivity index (χ1) is 11.2. The predicted octanol–water partition coefficient (Wildman–Crippen LogP) is 3.57. The third-order valence-electron chi connectivity index (χ3n) is 4.12. The van der Waals surface area contributed by atoms with Crippen molar-refractivity contribution in [3.05, 3.63) is 54.1 Å². The van der Waals surface area contributed by atoms with E-state index in [0.29, 0.717) is 12.2 Å². The molecule has 0 N–H and O–H groups in total. The topological polar surface area (TPSA) is 32.8 Å². The Morgan fingerprint density at radius 2 is 1.74 bits per heavy atom. The number of carbonyl (C=O) groups is 1. The van der Waals surface area contributed by atoms with Crippen molar-refractivity contribution in [2.24, 2.45) is 0 Å². The van der Waals surface area contributed by atoms with E-state index in [-0.39, 0.29) is 5.91 Å². The summed E-state index contributed by atoms with van der Waals surface area (Å²) in [7, 11) is 2.07. The molecule has 0 aliphatic carbocycles. The molecule has 0 unspecified atom stereocenters. The van der Waals surface area contributed by atoms with Crippen molar-refractivity contribution < 1.29 is 9.53 Å². The average Bonchev–Trinajstić information content (AvgIpc) is 2.75. The van der Waals surface area contributed by atoms with Crippen LogP contribution in [0, 0.1) is 0 Å². The lowest BCUT2D eigenvalue weighted by molar-refractivity contribution is 0.0987. The van der Waals surface area contributed by atoms with Crippen LogP contribution in [0.4, 0.5) is 11.4 Å². The summed E-state index contributed by atoms with van der Waals surface area (Å²) in [6.07, 6.45) is 0.952. The van der Waals surface area contributed by atoms with Gasteiger partial charge in [-0.3, -0.25) is 4.79 Å². The van der Waals surface area contributed by atoms with Gasteiger partial charge in [0.1, 0.15) is 5.75 Å². The Hall–Kier alpha value is -2.49. The summed E-state index contributed by atoms with van der Waals surface area (Å²) >= 11 is 0. The molecule has 23 heavy (non-hydrogen) atoms. The summed E-state index contributed by atoms with van der Waals surface area (Å²) in [6, 6.07) is 15.5. The number of hydrogen-bond acceptors (Lipinski definition) is 3. The second-order valence-electron chi connectivity index (χ2n) is 5.68. The van der Waals surface area contributed by atoms with Gasteiger partial charge in [-0.15, -0.1) is 0 Å². The van der Waals surface area contributed by atoms with Gasteiger partial charge in [0, 0.05) is 25.7 Å². The molecule has 3 rings (SSSR count). The SMILES string of the molecule is CCOc1ccc(C(=O)N2CCCN(C)c3ccccc32)cc1. The molecule has 0 aromatic heterocycles. The third-order valence-corrected chi connectivity index (χ3v) is 4.12. The molecule has 0 spiro atoms. The third kappa shape index (κ3) is 3.16. The van der Waals surface area contributed by atoms with E-state index in [1.807, 2.05) is 54.3 Å². The van der Waals surface area contributed by atoms with Crippen LogP contribution in [-0.2, 0) is 0 Å². The standard InChI is InChI=1S/C19H22N2O2/c1-3-23-16-11-9-15(10-12-16)19(22)21-14-6-13-20(2)17-7-4-5-8-18(17)21/h4-5,7-12H,3,6,13-14H2,1-2H3. The first kappa shape index (κ1) is 15.4. The van der Waals surface area contributed by atoms with Gasteiger partial charge in [-0.2, -0.15) is 0 Å². The fourth-order valence-electron chi connectivity index (χ4n) is 2.95. The first-order valence-corrected chi connectivity index (χ1v) is 8.05. The zero-order chi connectivity index (χ0) is 16.2. The molecule has 1 aliphatic heterocycles. The lowest BCUT2D eigenvalue weighted by atomic mass is 10.1. The van der Waals surface area contributed by atoms with E-state index < -0.39 is 0 Å². The molecule has 0 fully saturated rings. The molecule has 1 amide bonds. The number of nitrogens with zero attached hydrogens (tertiary/aromatic N) is 2. The van der Waals surface area contributed by atoms with Gasteiger partial charge in [0.05, 0.1) is 18.0 Å². The van der Waals surface area contributed by atoms with E-state index in [2.05, 4.69) is 18.0 Å². The zero-order valence-electron chi connectivity index (χ0n) is 13.7. The van der Waals surface area contributed by atoms with Crippen molar-refractivity contribution >= 4 is 17.3 Å². The van der Waals surface area contributed by atoms with Crippen molar-refractivity contribution in [2.45, 2.75) is 13.3 Å². The second-order valence-corrected chi connectivity index (χ2v) is 5.68. The highest BCUT2D eigenvalue weighted by molar-refractivity contribution is 6.08. The van der Waals surface area contributed by atoms with Crippen molar-refractivity contribution in [1.82, 2.24) is 0 Å². The van der Waals surface area contributed by atoms with Crippen LogP contribution in [0.2, 0.25) is 0 Å². The molecule has 2 aromatic rings. The Morgan fingerprint density at radius 3 is 2.43 bits per heavy atom. The van der Waals surface area contributed by atoms with Gasteiger partial charge in [-0.1, -0.05) is 12.1 Å². The fourth-order valence-corrected chi connectivity index (χ4v) is 2.95. The van der Waals surface area contributed by atoms with Crippen LogP contribution in [0.15, 0.2) is 48.5 Å². The Morgan fingerprint density at radius 1 is 1.04 bits per heavy atom. The van der Waals surface area contributed by atoms with Crippen LogP contribution in [0.3, 0.4) is 0 Å². The monoisotopic (exact) mass is 310 g/mol. The summed E-state index contributed by atoms with van der Waals surface area (Å²) in [6.45, 7) is 4.25. The van der Waals surface area contributed by atoms with Gasteiger partial charge >= 0.3 is 0 Å². The van der Waals surface area contributed by atoms with Gasteiger partial charge in [0.15, 0.2) is 0 Å².